The Morgan fingerprint density at radius 3 is 2.79 bits per heavy atom. The molecule has 2 aromatic rings. The zero-order chi connectivity index (χ0) is 13.8. The zero-order valence-electron chi connectivity index (χ0n) is 10.1. The van der Waals surface area contributed by atoms with Gasteiger partial charge in [-0.2, -0.15) is 0 Å². The molecule has 0 fully saturated rings. The molecule has 2 rings (SSSR count). The number of pyridine rings is 1. The highest BCUT2D eigenvalue weighted by molar-refractivity contribution is 9.10. The number of nitrogens with zero attached hydrogens (tertiary/aromatic N) is 1. The van der Waals surface area contributed by atoms with Crippen LogP contribution in [-0.2, 0) is 0 Å². The lowest BCUT2D eigenvalue weighted by Crippen LogP contribution is -2.14. The van der Waals surface area contributed by atoms with Gasteiger partial charge in [-0.3, -0.25) is 9.78 Å². The Bertz CT molecular complexity index is 619. The van der Waals surface area contributed by atoms with E-state index in [2.05, 4.69) is 31.5 Å². The maximum absolute atomic E-state index is 12.0. The van der Waals surface area contributed by atoms with Gasteiger partial charge in [-0.15, -0.1) is 0 Å². The van der Waals surface area contributed by atoms with Crippen molar-refractivity contribution in [3.8, 4) is 0 Å². The highest BCUT2D eigenvalue weighted by Crippen LogP contribution is 2.26. The minimum absolute atomic E-state index is 0.304. The second-order valence-electron chi connectivity index (χ2n) is 3.76. The molecule has 1 heterocycles. The Balaban J connectivity index is 2.20. The van der Waals surface area contributed by atoms with Gasteiger partial charge in [-0.25, -0.2) is 0 Å². The SMILES string of the molecule is CNc1ccnc(C(=O)Nc2ccc(Br)cc2Cl)c1. The lowest BCUT2D eigenvalue weighted by Gasteiger charge is -2.08. The van der Waals surface area contributed by atoms with Crippen molar-refractivity contribution < 1.29 is 4.79 Å². The van der Waals surface area contributed by atoms with Gasteiger partial charge in [0.2, 0.25) is 0 Å². The van der Waals surface area contributed by atoms with Crippen LogP contribution in [0.3, 0.4) is 0 Å². The standard InChI is InChI=1S/C13H11BrClN3O/c1-16-9-4-5-17-12(7-9)13(19)18-11-3-2-8(14)6-10(11)15/h2-7H,1H3,(H,16,17)(H,18,19). The average molecular weight is 341 g/mol. The predicted octanol–water partition coefficient (Wildman–Crippen LogP) is 3.79. The van der Waals surface area contributed by atoms with Gasteiger partial charge >= 0.3 is 0 Å². The third-order valence-electron chi connectivity index (χ3n) is 2.46. The summed E-state index contributed by atoms with van der Waals surface area (Å²) in [4.78, 5) is 16.1. The van der Waals surface area contributed by atoms with Crippen LogP contribution in [0.15, 0.2) is 41.0 Å². The number of amides is 1. The van der Waals surface area contributed by atoms with Crippen LogP contribution in [0.1, 0.15) is 10.5 Å². The highest BCUT2D eigenvalue weighted by Gasteiger charge is 2.10. The molecule has 2 N–H and O–H groups in total. The Morgan fingerprint density at radius 2 is 2.11 bits per heavy atom. The maximum Gasteiger partial charge on any atom is 0.274 e. The average Bonchev–Trinajstić information content (AvgIpc) is 2.42. The van der Waals surface area contributed by atoms with E-state index in [1.165, 1.54) is 0 Å². The largest absolute Gasteiger partial charge is 0.388 e. The first kappa shape index (κ1) is 13.8. The molecule has 0 aliphatic rings. The fourth-order valence-corrected chi connectivity index (χ4v) is 2.21. The Kier molecular flexibility index (Phi) is 4.39. The van der Waals surface area contributed by atoms with Gasteiger partial charge in [0.15, 0.2) is 0 Å². The summed E-state index contributed by atoms with van der Waals surface area (Å²) in [5.74, 6) is -0.304. The number of hydrogen-bond donors (Lipinski definition) is 2. The van der Waals surface area contributed by atoms with Crippen molar-refractivity contribution in [2.45, 2.75) is 0 Å². The molecule has 6 heteroatoms. The molecule has 0 saturated heterocycles. The second kappa shape index (κ2) is 6.04. The fourth-order valence-electron chi connectivity index (χ4n) is 1.49. The molecule has 19 heavy (non-hydrogen) atoms. The van der Waals surface area contributed by atoms with Gasteiger partial charge < -0.3 is 10.6 Å². The van der Waals surface area contributed by atoms with Crippen LogP contribution in [0.4, 0.5) is 11.4 Å². The number of nitrogens with one attached hydrogen (secondary N) is 2. The first-order chi connectivity index (χ1) is 9.10. The Morgan fingerprint density at radius 1 is 1.32 bits per heavy atom. The minimum atomic E-state index is -0.304. The van der Waals surface area contributed by atoms with Crippen molar-refractivity contribution in [3.05, 3.63) is 51.7 Å². The summed E-state index contributed by atoms with van der Waals surface area (Å²) < 4.78 is 0.853. The van der Waals surface area contributed by atoms with E-state index >= 15 is 0 Å². The van der Waals surface area contributed by atoms with E-state index in [0.29, 0.717) is 16.4 Å². The van der Waals surface area contributed by atoms with Crippen LogP contribution in [-0.4, -0.2) is 17.9 Å². The molecule has 0 aliphatic heterocycles. The van der Waals surface area contributed by atoms with Crippen molar-refractivity contribution in [2.75, 3.05) is 17.7 Å². The third kappa shape index (κ3) is 3.45. The number of carbonyl (C=O) groups is 1. The molecule has 0 saturated carbocycles. The molecule has 0 radical (unpaired) electrons. The number of aromatic nitrogens is 1. The number of carbonyl (C=O) groups excluding carboxylic acids is 1. The zero-order valence-corrected chi connectivity index (χ0v) is 12.4. The van der Waals surface area contributed by atoms with E-state index in [1.807, 2.05) is 0 Å². The van der Waals surface area contributed by atoms with Crippen molar-refractivity contribution in [1.82, 2.24) is 4.98 Å². The number of hydrogen-bond acceptors (Lipinski definition) is 3. The lowest BCUT2D eigenvalue weighted by molar-refractivity contribution is 0.102. The summed E-state index contributed by atoms with van der Waals surface area (Å²) in [5, 5.41) is 6.14. The first-order valence-corrected chi connectivity index (χ1v) is 6.67. The molecule has 0 bridgehead atoms. The quantitative estimate of drug-likeness (QED) is 0.894. The summed E-state index contributed by atoms with van der Waals surface area (Å²) >= 11 is 9.35. The van der Waals surface area contributed by atoms with Crippen molar-refractivity contribution in [1.29, 1.82) is 0 Å². The van der Waals surface area contributed by atoms with E-state index < -0.39 is 0 Å². The van der Waals surface area contributed by atoms with E-state index in [0.717, 1.165) is 10.2 Å². The van der Waals surface area contributed by atoms with E-state index in [1.54, 1.807) is 43.6 Å². The summed E-state index contributed by atoms with van der Waals surface area (Å²) in [5.41, 5.74) is 1.69. The molecule has 1 aromatic carbocycles. The van der Waals surface area contributed by atoms with Crippen molar-refractivity contribution in [2.24, 2.45) is 0 Å². The summed E-state index contributed by atoms with van der Waals surface area (Å²) in [6, 6.07) is 8.70. The molecule has 4 nitrogen and oxygen atoms in total. The molecule has 1 amide bonds. The third-order valence-corrected chi connectivity index (χ3v) is 3.27. The molecule has 1 aromatic heterocycles. The molecule has 0 aliphatic carbocycles. The molecule has 0 atom stereocenters. The molecule has 0 spiro atoms. The van der Waals surface area contributed by atoms with Crippen LogP contribution < -0.4 is 10.6 Å². The summed E-state index contributed by atoms with van der Waals surface area (Å²) in [6.07, 6.45) is 1.57. The van der Waals surface area contributed by atoms with Gasteiger partial charge in [0, 0.05) is 23.4 Å². The van der Waals surface area contributed by atoms with E-state index in [9.17, 15) is 4.79 Å². The smallest absolute Gasteiger partial charge is 0.274 e. The van der Waals surface area contributed by atoms with Crippen LogP contribution >= 0.6 is 27.5 Å². The molecular formula is C13H11BrClN3O. The Labute approximate surface area is 124 Å². The van der Waals surface area contributed by atoms with Crippen LogP contribution in [0.2, 0.25) is 5.02 Å². The summed E-state index contributed by atoms with van der Waals surface area (Å²) in [7, 11) is 1.78. The monoisotopic (exact) mass is 339 g/mol. The topological polar surface area (TPSA) is 54.0 Å². The first-order valence-electron chi connectivity index (χ1n) is 5.50. The van der Waals surface area contributed by atoms with Gasteiger partial charge in [-0.1, -0.05) is 27.5 Å². The van der Waals surface area contributed by atoms with Crippen LogP contribution in [0.5, 0.6) is 0 Å². The Hall–Kier alpha value is -1.59. The molecule has 98 valence electrons. The van der Waals surface area contributed by atoms with E-state index in [4.69, 9.17) is 11.6 Å². The predicted molar refractivity (Wildman–Crippen MR) is 80.9 cm³/mol. The van der Waals surface area contributed by atoms with Gasteiger partial charge in [0.05, 0.1) is 10.7 Å². The number of anilines is 2. The molecular weight excluding hydrogens is 330 g/mol. The fraction of sp³-hybridized carbons (Fsp3) is 0.0769. The highest BCUT2D eigenvalue weighted by atomic mass is 79.9. The summed E-state index contributed by atoms with van der Waals surface area (Å²) in [6.45, 7) is 0. The number of rotatable bonds is 3. The van der Waals surface area contributed by atoms with Crippen molar-refractivity contribution in [3.63, 3.8) is 0 Å². The van der Waals surface area contributed by atoms with Crippen LogP contribution in [0, 0.1) is 0 Å². The lowest BCUT2D eigenvalue weighted by atomic mass is 10.2. The minimum Gasteiger partial charge on any atom is -0.388 e. The van der Waals surface area contributed by atoms with Crippen molar-refractivity contribution >= 4 is 44.8 Å². The number of benzene rings is 1. The maximum atomic E-state index is 12.0. The van der Waals surface area contributed by atoms with Gasteiger partial charge in [0.1, 0.15) is 5.69 Å². The normalized spacial score (nSPS) is 10.1. The van der Waals surface area contributed by atoms with E-state index in [-0.39, 0.29) is 5.91 Å². The van der Waals surface area contributed by atoms with Gasteiger partial charge in [-0.05, 0) is 30.3 Å². The van der Waals surface area contributed by atoms with Gasteiger partial charge in [0.25, 0.3) is 5.91 Å². The number of halogens is 2. The van der Waals surface area contributed by atoms with Crippen LogP contribution in [0.25, 0.3) is 0 Å². The molecule has 0 unspecified atom stereocenters. The second-order valence-corrected chi connectivity index (χ2v) is 5.08.